The Morgan fingerprint density at radius 3 is 2.63 bits per heavy atom. The van der Waals surface area contributed by atoms with Gasteiger partial charge in [-0.15, -0.1) is 0 Å². The van der Waals surface area contributed by atoms with E-state index in [1.807, 2.05) is 24.3 Å². The van der Waals surface area contributed by atoms with Crippen molar-refractivity contribution in [1.82, 2.24) is 0 Å². The van der Waals surface area contributed by atoms with Crippen LogP contribution in [0.1, 0.15) is 33.1 Å². The van der Waals surface area contributed by atoms with Crippen molar-refractivity contribution >= 4 is 27.5 Å². The molecule has 1 aromatic rings. The number of halogens is 1. The first-order valence-corrected chi connectivity index (χ1v) is 7.56. The van der Waals surface area contributed by atoms with E-state index in [0.29, 0.717) is 11.8 Å². The molecule has 1 aliphatic carbocycles. The highest BCUT2D eigenvalue weighted by Gasteiger charge is 2.42. The van der Waals surface area contributed by atoms with Gasteiger partial charge in [0.2, 0.25) is 5.91 Å². The highest BCUT2D eigenvalue weighted by atomic mass is 79.9. The van der Waals surface area contributed by atoms with Gasteiger partial charge in [-0.3, -0.25) is 4.79 Å². The Morgan fingerprint density at radius 1 is 1.37 bits per heavy atom. The Balaban J connectivity index is 2.26. The van der Waals surface area contributed by atoms with Crippen LogP contribution < -0.4 is 11.1 Å². The number of carbonyl (C=O) groups is 1. The quantitative estimate of drug-likeness (QED) is 0.893. The van der Waals surface area contributed by atoms with Crippen molar-refractivity contribution in [1.29, 1.82) is 0 Å². The first kappa shape index (κ1) is 14.4. The molecule has 4 heteroatoms. The number of carbonyl (C=O) groups excluding carboxylic acids is 1. The van der Waals surface area contributed by atoms with Crippen molar-refractivity contribution in [2.24, 2.45) is 17.6 Å². The monoisotopic (exact) mass is 324 g/mol. The average Bonchev–Trinajstić information content (AvgIpc) is 2.36. The van der Waals surface area contributed by atoms with E-state index >= 15 is 0 Å². The summed E-state index contributed by atoms with van der Waals surface area (Å²) in [6.45, 7) is 4.44. The van der Waals surface area contributed by atoms with Crippen LogP contribution in [0.15, 0.2) is 28.7 Å². The minimum Gasteiger partial charge on any atom is -0.370 e. The zero-order valence-electron chi connectivity index (χ0n) is 11.4. The maximum atomic E-state index is 12.0. The number of benzene rings is 1. The number of anilines is 1. The number of amides is 1. The number of rotatable bonds is 3. The Bertz CT molecular complexity index is 477. The lowest BCUT2D eigenvalue weighted by atomic mass is 9.70. The summed E-state index contributed by atoms with van der Waals surface area (Å²) in [6.07, 6.45) is 2.63. The Morgan fingerprint density at radius 2 is 2.05 bits per heavy atom. The summed E-state index contributed by atoms with van der Waals surface area (Å²) in [7, 11) is 0. The van der Waals surface area contributed by atoms with Gasteiger partial charge in [0.1, 0.15) is 5.54 Å². The molecule has 3 unspecified atom stereocenters. The number of hydrogen-bond acceptors (Lipinski definition) is 2. The molecule has 1 aromatic carbocycles. The summed E-state index contributed by atoms with van der Waals surface area (Å²) in [5.41, 5.74) is 6.01. The predicted octanol–water partition coefficient (Wildman–Crippen LogP) is 3.54. The van der Waals surface area contributed by atoms with E-state index in [0.717, 1.165) is 29.4 Å². The smallest absolute Gasteiger partial charge is 0.243 e. The first-order chi connectivity index (χ1) is 8.94. The van der Waals surface area contributed by atoms with Gasteiger partial charge in [0.25, 0.3) is 0 Å². The Kier molecular flexibility index (Phi) is 4.19. The second kappa shape index (κ2) is 5.53. The maximum absolute atomic E-state index is 12.0. The van der Waals surface area contributed by atoms with Gasteiger partial charge in [-0.25, -0.2) is 0 Å². The molecule has 0 bridgehead atoms. The first-order valence-electron chi connectivity index (χ1n) is 6.77. The fourth-order valence-corrected chi connectivity index (χ4v) is 3.21. The van der Waals surface area contributed by atoms with Crippen LogP contribution in [0, 0.1) is 11.8 Å². The molecule has 3 nitrogen and oxygen atoms in total. The molecular formula is C15H21BrN2O. The predicted molar refractivity (Wildman–Crippen MR) is 81.9 cm³/mol. The van der Waals surface area contributed by atoms with Crippen LogP contribution in [0.25, 0.3) is 0 Å². The summed E-state index contributed by atoms with van der Waals surface area (Å²) >= 11 is 3.51. The van der Waals surface area contributed by atoms with Crippen LogP contribution in [0.5, 0.6) is 0 Å². The summed E-state index contributed by atoms with van der Waals surface area (Å²) in [6, 6.07) is 7.85. The van der Waals surface area contributed by atoms with E-state index in [9.17, 15) is 4.79 Å². The second-order valence-electron chi connectivity index (χ2n) is 5.75. The van der Waals surface area contributed by atoms with Crippen molar-refractivity contribution < 1.29 is 4.79 Å². The summed E-state index contributed by atoms with van der Waals surface area (Å²) in [4.78, 5) is 12.0. The van der Waals surface area contributed by atoms with E-state index in [1.54, 1.807) is 0 Å². The van der Waals surface area contributed by atoms with Crippen molar-refractivity contribution in [2.45, 2.75) is 38.6 Å². The van der Waals surface area contributed by atoms with Crippen LogP contribution in [-0.4, -0.2) is 11.4 Å². The van der Waals surface area contributed by atoms with Gasteiger partial charge in [0.05, 0.1) is 0 Å². The molecule has 0 radical (unpaired) electrons. The molecule has 1 fully saturated rings. The van der Waals surface area contributed by atoms with Crippen molar-refractivity contribution in [2.75, 3.05) is 5.32 Å². The SMILES string of the molecule is CC1CCC(Nc2ccccc2Br)(C(N)=O)CC1C. The van der Waals surface area contributed by atoms with Crippen LogP contribution in [0.3, 0.4) is 0 Å². The molecule has 0 aliphatic heterocycles. The minimum absolute atomic E-state index is 0.248. The largest absolute Gasteiger partial charge is 0.370 e. The van der Waals surface area contributed by atoms with E-state index in [-0.39, 0.29) is 5.91 Å². The molecule has 3 atom stereocenters. The van der Waals surface area contributed by atoms with Gasteiger partial charge in [-0.05, 0) is 59.2 Å². The molecule has 0 aromatic heterocycles. The lowest BCUT2D eigenvalue weighted by molar-refractivity contribution is -0.124. The normalized spacial score (nSPS) is 30.9. The van der Waals surface area contributed by atoms with Gasteiger partial charge in [0.15, 0.2) is 0 Å². The lowest BCUT2D eigenvalue weighted by Gasteiger charge is -2.41. The van der Waals surface area contributed by atoms with Gasteiger partial charge in [-0.2, -0.15) is 0 Å². The molecule has 3 N–H and O–H groups in total. The zero-order chi connectivity index (χ0) is 14.0. The minimum atomic E-state index is -0.615. The van der Waals surface area contributed by atoms with Gasteiger partial charge < -0.3 is 11.1 Å². The number of primary amides is 1. The third-order valence-corrected chi connectivity index (χ3v) is 5.08. The molecule has 0 saturated heterocycles. The van der Waals surface area contributed by atoms with E-state index in [1.165, 1.54) is 0 Å². The fourth-order valence-electron chi connectivity index (χ4n) is 2.83. The average molecular weight is 325 g/mol. The summed E-state index contributed by atoms with van der Waals surface area (Å²) in [5, 5.41) is 3.39. The van der Waals surface area contributed by atoms with E-state index < -0.39 is 5.54 Å². The number of nitrogens with one attached hydrogen (secondary N) is 1. The zero-order valence-corrected chi connectivity index (χ0v) is 13.0. The molecule has 0 heterocycles. The summed E-state index contributed by atoms with van der Waals surface area (Å²) < 4.78 is 0.960. The molecule has 2 rings (SSSR count). The van der Waals surface area contributed by atoms with Crippen LogP contribution in [0.4, 0.5) is 5.69 Å². The van der Waals surface area contributed by atoms with Crippen LogP contribution in [0.2, 0.25) is 0 Å². The number of hydrogen-bond donors (Lipinski definition) is 2. The van der Waals surface area contributed by atoms with Gasteiger partial charge >= 0.3 is 0 Å². The third-order valence-electron chi connectivity index (χ3n) is 4.39. The summed E-state index contributed by atoms with van der Waals surface area (Å²) in [5.74, 6) is 0.895. The van der Waals surface area contributed by atoms with Crippen LogP contribution in [-0.2, 0) is 4.79 Å². The van der Waals surface area contributed by atoms with E-state index in [2.05, 4.69) is 35.1 Å². The second-order valence-corrected chi connectivity index (χ2v) is 6.60. The Labute approximate surface area is 123 Å². The molecule has 104 valence electrons. The highest BCUT2D eigenvalue weighted by molar-refractivity contribution is 9.10. The standard InChI is InChI=1S/C15H21BrN2O/c1-10-7-8-15(14(17)19,9-11(10)2)18-13-6-4-3-5-12(13)16/h3-6,10-11,18H,7-9H2,1-2H3,(H2,17,19). The fraction of sp³-hybridized carbons (Fsp3) is 0.533. The maximum Gasteiger partial charge on any atom is 0.243 e. The van der Waals surface area contributed by atoms with Crippen LogP contribution >= 0.6 is 15.9 Å². The highest BCUT2D eigenvalue weighted by Crippen LogP contribution is 2.39. The Hall–Kier alpha value is -1.03. The molecule has 19 heavy (non-hydrogen) atoms. The van der Waals surface area contributed by atoms with Crippen molar-refractivity contribution in [3.63, 3.8) is 0 Å². The van der Waals surface area contributed by atoms with Gasteiger partial charge in [0, 0.05) is 10.2 Å². The third kappa shape index (κ3) is 2.94. The number of nitrogens with two attached hydrogens (primary N) is 1. The van der Waals surface area contributed by atoms with Crippen molar-refractivity contribution in [3.05, 3.63) is 28.7 Å². The molecule has 1 aliphatic rings. The topological polar surface area (TPSA) is 55.1 Å². The van der Waals surface area contributed by atoms with E-state index in [4.69, 9.17) is 5.73 Å². The molecular weight excluding hydrogens is 304 g/mol. The number of para-hydroxylation sites is 1. The van der Waals surface area contributed by atoms with Gasteiger partial charge in [-0.1, -0.05) is 26.0 Å². The lowest BCUT2D eigenvalue weighted by Crippen LogP contribution is -2.54. The molecule has 1 amide bonds. The molecule has 1 saturated carbocycles. The van der Waals surface area contributed by atoms with Crippen molar-refractivity contribution in [3.8, 4) is 0 Å². The molecule has 0 spiro atoms.